The molecule has 19 heavy (non-hydrogen) atoms. The number of rotatable bonds is 6. The molecule has 1 heterocycles. The zero-order valence-corrected chi connectivity index (χ0v) is 11.2. The molecule has 0 fully saturated rings. The molecule has 0 atom stereocenters. The third kappa shape index (κ3) is 3.32. The Kier molecular flexibility index (Phi) is 4.52. The Morgan fingerprint density at radius 3 is 3.05 bits per heavy atom. The Labute approximate surface area is 112 Å². The molecule has 0 radical (unpaired) electrons. The maximum Gasteiger partial charge on any atom is 0.207 e. The highest BCUT2D eigenvalue weighted by molar-refractivity contribution is 5.58. The van der Waals surface area contributed by atoms with E-state index in [9.17, 15) is 4.39 Å². The molecule has 0 saturated heterocycles. The first-order valence-corrected chi connectivity index (χ1v) is 6.24. The number of halogens is 1. The molecule has 0 aliphatic carbocycles. The first kappa shape index (κ1) is 13.5. The molecule has 2 aromatic rings. The maximum atomic E-state index is 13.5. The predicted octanol–water partition coefficient (Wildman–Crippen LogP) is 3.11. The molecule has 5 heteroatoms. The Bertz CT molecular complexity index is 539. The van der Waals surface area contributed by atoms with Crippen LogP contribution in [0.2, 0.25) is 0 Å². The first-order valence-electron chi connectivity index (χ1n) is 6.24. The molecule has 0 spiro atoms. The van der Waals surface area contributed by atoms with E-state index in [0.29, 0.717) is 18.1 Å². The Balaban J connectivity index is 2.11. The molecule has 0 bridgehead atoms. The van der Waals surface area contributed by atoms with Crippen LogP contribution in [0.3, 0.4) is 0 Å². The molecule has 1 aromatic carbocycles. The summed E-state index contributed by atoms with van der Waals surface area (Å²) in [6, 6.07) is 4.97. The van der Waals surface area contributed by atoms with Crippen LogP contribution < -0.4 is 5.32 Å². The average molecular weight is 263 g/mol. The average Bonchev–Trinajstić information content (AvgIpc) is 2.83. The van der Waals surface area contributed by atoms with Gasteiger partial charge in [0.25, 0.3) is 0 Å². The fourth-order valence-electron chi connectivity index (χ4n) is 1.86. The molecule has 0 aliphatic rings. The SMILES string of the molecule is COCCCn1ccnc1Nc1cccc(F)c1C. The molecule has 1 N–H and O–H groups in total. The number of anilines is 2. The van der Waals surface area contributed by atoms with Crippen LogP contribution in [-0.4, -0.2) is 23.3 Å². The molecule has 0 amide bonds. The fraction of sp³-hybridized carbons (Fsp3) is 0.357. The molecule has 1 aromatic heterocycles. The summed E-state index contributed by atoms with van der Waals surface area (Å²) in [6.07, 6.45) is 4.53. The van der Waals surface area contributed by atoms with E-state index in [2.05, 4.69) is 10.3 Å². The number of aryl methyl sites for hydroxylation is 1. The van der Waals surface area contributed by atoms with Gasteiger partial charge in [0.2, 0.25) is 5.95 Å². The minimum absolute atomic E-state index is 0.220. The van der Waals surface area contributed by atoms with E-state index in [4.69, 9.17) is 4.74 Å². The van der Waals surface area contributed by atoms with Gasteiger partial charge < -0.3 is 14.6 Å². The van der Waals surface area contributed by atoms with Gasteiger partial charge in [0.15, 0.2) is 0 Å². The summed E-state index contributed by atoms with van der Waals surface area (Å²) in [7, 11) is 1.68. The van der Waals surface area contributed by atoms with E-state index in [1.807, 2.05) is 16.8 Å². The second kappa shape index (κ2) is 6.33. The molecule has 0 aliphatic heterocycles. The van der Waals surface area contributed by atoms with Gasteiger partial charge in [-0.25, -0.2) is 9.37 Å². The maximum absolute atomic E-state index is 13.5. The molecule has 0 saturated carbocycles. The van der Waals surface area contributed by atoms with Crippen LogP contribution in [0.5, 0.6) is 0 Å². The van der Waals surface area contributed by atoms with Gasteiger partial charge in [0.1, 0.15) is 5.82 Å². The number of imidazole rings is 1. The van der Waals surface area contributed by atoms with Crippen molar-refractivity contribution in [1.29, 1.82) is 0 Å². The number of ether oxygens (including phenoxy) is 1. The molecule has 102 valence electrons. The third-order valence-corrected chi connectivity index (χ3v) is 2.98. The second-order valence-electron chi connectivity index (χ2n) is 4.33. The van der Waals surface area contributed by atoms with Crippen molar-refractivity contribution in [2.24, 2.45) is 0 Å². The normalized spacial score (nSPS) is 10.7. The lowest BCUT2D eigenvalue weighted by atomic mass is 10.2. The van der Waals surface area contributed by atoms with Crippen LogP contribution in [0.1, 0.15) is 12.0 Å². The number of nitrogens with one attached hydrogen (secondary N) is 1. The third-order valence-electron chi connectivity index (χ3n) is 2.98. The van der Waals surface area contributed by atoms with Crippen LogP contribution in [0.25, 0.3) is 0 Å². The van der Waals surface area contributed by atoms with E-state index < -0.39 is 0 Å². The van der Waals surface area contributed by atoms with Crippen LogP contribution >= 0.6 is 0 Å². The summed E-state index contributed by atoms with van der Waals surface area (Å²) in [6.45, 7) is 3.26. The lowest BCUT2D eigenvalue weighted by Crippen LogP contribution is -2.06. The smallest absolute Gasteiger partial charge is 0.207 e. The Morgan fingerprint density at radius 2 is 2.26 bits per heavy atom. The van der Waals surface area contributed by atoms with Gasteiger partial charge in [-0.15, -0.1) is 0 Å². The number of hydrogen-bond donors (Lipinski definition) is 1. The van der Waals surface area contributed by atoms with Crippen molar-refractivity contribution < 1.29 is 9.13 Å². The van der Waals surface area contributed by atoms with Crippen molar-refractivity contribution >= 4 is 11.6 Å². The topological polar surface area (TPSA) is 39.1 Å². The molecule has 2 rings (SSSR count). The van der Waals surface area contributed by atoms with Crippen molar-refractivity contribution in [2.45, 2.75) is 19.9 Å². The Hall–Kier alpha value is -1.88. The number of hydrogen-bond acceptors (Lipinski definition) is 3. The van der Waals surface area contributed by atoms with E-state index in [0.717, 1.165) is 18.7 Å². The molecular formula is C14H18FN3O. The van der Waals surface area contributed by atoms with Crippen LogP contribution in [0.4, 0.5) is 16.0 Å². The van der Waals surface area contributed by atoms with E-state index in [1.165, 1.54) is 6.07 Å². The van der Waals surface area contributed by atoms with E-state index >= 15 is 0 Å². The highest BCUT2D eigenvalue weighted by Crippen LogP contribution is 2.21. The van der Waals surface area contributed by atoms with Crippen molar-refractivity contribution in [3.05, 3.63) is 42.0 Å². The first-order chi connectivity index (χ1) is 9.22. The minimum atomic E-state index is -0.220. The largest absolute Gasteiger partial charge is 0.385 e. The minimum Gasteiger partial charge on any atom is -0.385 e. The van der Waals surface area contributed by atoms with Gasteiger partial charge >= 0.3 is 0 Å². The van der Waals surface area contributed by atoms with Gasteiger partial charge in [-0.2, -0.15) is 0 Å². The van der Waals surface area contributed by atoms with Gasteiger partial charge in [0.05, 0.1) is 0 Å². The zero-order chi connectivity index (χ0) is 13.7. The fourth-order valence-corrected chi connectivity index (χ4v) is 1.86. The molecule has 4 nitrogen and oxygen atoms in total. The summed E-state index contributed by atoms with van der Waals surface area (Å²) in [5.74, 6) is 0.493. The number of nitrogens with zero attached hydrogens (tertiary/aromatic N) is 2. The van der Waals surface area contributed by atoms with Crippen molar-refractivity contribution in [2.75, 3.05) is 19.0 Å². The number of aromatic nitrogens is 2. The lowest BCUT2D eigenvalue weighted by Gasteiger charge is -2.11. The van der Waals surface area contributed by atoms with Crippen LogP contribution in [-0.2, 0) is 11.3 Å². The second-order valence-corrected chi connectivity index (χ2v) is 4.33. The zero-order valence-electron chi connectivity index (χ0n) is 11.2. The standard InChI is InChI=1S/C14H18FN3O/c1-11-12(15)5-3-6-13(11)17-14-16-7-9-18(14)8-4-10-19-2/h3,5-7,9H,4,8,10H2,1-2H3,(H,16,17). The summed E-state index contributed by atoms with van der Waals surface area (Å²) >= 11 is 0. The monoisotopic (exact) mass is 263 g/mol. The summed E-state index contributed by atoms with van der Waals surface area (Å²) in [5, 5.41) is 3.16. The lowest BCUT2D eigenvalue weighted by molar-refractivity contribution is 0.190. The van der Waals surface area contributed by atoms with E-state index in [-0.39, 0.29) is 5.82 Å². The summed E-state index contributed by atoms with van der Waals surface area (Å²) in [4.78, 5) is 4.25. The van der Waals surface area contributed by atoms with Crippen LogP contribution in [0.15, 0.2) is 30.6 Å². The highest BCUT2D eigenvalue weighted by atomic mass is 19.1. The van der Waals surface area contributed by atoms with Crippen molar-refractivity contribution in [3.63, 3.8) is 0 Å². The quantitative estimate of drug-likeness (QED) is 0.814. The van der Waals surface area contributed by atoms with Crippen molar-refractivity contribution in [3.8, 4) is 0 Å². The molecule has 0 unspecified atom stereocenters. The van der Waals surface area contributed by atoms with Crippen molar-refractivity contribution in [1.82, 2.24) is 9.55 Å². The Morgan fingerprint density at radius 1 is 1.42 bits per heavy atom. The van der Waals surface area contributed by atoms with Gasteiger partial charge in [-0.05, 0) is 25.5 Å². The van der Waals surface area contributed by atoms with Crippen LogP contribution in [0, 0.1) is 12.7 Å². The number of methoxy groups -OCH3 is 1. The predicted molar refractivity (Wildman–Crippen MR) is 73.1 cm³/mol. The number of benzene rings is 1. The molecular weight excluding hydrogens is 245 g/mol. The van der Waals surface area contributed by atoms with Gasteiger partial charge in [-0.1, -0.05) is 6.07 Å². The van der Waals surface area contributed by atoms with Gasteiger partial charge in [0, 0.05) is 43.9 Å². The van der Waals surface area contributed by atoms with E-state index in [1.54, 1.807) is 26.3 Å². The summed E-state index contributed by atoms with van der Waals surface area (Å²) < 4.78 is 20.5. The highest BCUT2D eigenvalue weighted by Gasteiger charge is 2.07. The summed E-state index contributed by atoms with van der Waals surface area (Å²) in [5.41, 5.74) is 1.33. The van der Waals surface area contributed by atoms with Gasteiger partial charge in [-0.3, -0.25) is 0 Å².